The summed E-state index contributed by atoms with van der Waals surface area (Å²) in [6.07, 6.45) is 3.50. The summed E-state index contributed by atoms with van der Waals surface area (Å²) in [5, 5.41) is 3.10. The highest BCUT2D eigenvalue weighted by Crippen LogP contribution is 2.23. The van der Waals surface area contributed by atoms with Crippen molar-refractivity contribution in [3.63, 3.8) is 0 Å². The standard InChI is InChI=1S/C19H28N2O2S/c1-4-5-6-15-7-9-16(10-8-15)19(14(2)3)20-17(22)11-21-13-24-12-18(21)23/h7-10,14,19H,4-6,11-13H2,1-3H3,(H,20,22). The van der Waals surface area contributed by atoms with Crippen molar-refractivity contribution in [3.8, 4) is 0 Å². The average Bonchev–Trinajstić information content (AvgIpc) is 2.96. The molecule has 1 heterocycles. The molecule has 2 amide bonds. The van der Waals surface area contributed by atoms with Gasteiger partial charge in [-0.3, -0.25) is 9.59 Å². The van der Waals surface area contributed by atoms with E-state index >= 15 is 0 Å². The van der Waals surface area contributed by atoms with Gasteiger partial charge in [0.15, 0.2) is 0 Å². The molecular formula is C19H28N2O2S. The van der Waals surface area contributed by atoms with Gasteiger partial charge in [-0.1, -0.05) is 51.5 Å². The van der Waals surface area contributed by atoms with Crippen molar-refractivity contribution >= 4 is 23.6 Å². The first-order chi connectivity index (χ1) is 11.5. The highest BCUT2D eigenvalue weighted by molar-refractivity contribution is 8.00. The molecule has 132 valence electrons. The van der Waals surface area contributed by atoms with Gasteiger partial charge < -0.3 is 10.2 Å². The van der Waals surface area contributed by atoms with Crippen LogP contribution in [-0.4, -0.2) is 34.9 Å². The van der Waals surface area contributed by atoms with Crippen molar-refractivity contribution in [2.24, 2.45) is 5.92 Å². The van der Waals surface area contributed by atoms with E-state index in [2.05, 4.69) is 50.4 Å². The molecule has 5 heteroatoms. The summed E-state index contributed by atoms with van der Waals surface area (Å²) in [5.74, 6) is 1.36. The Morgan fingerprint density at radius 2 is 2.00 bits per heavy atom. The Labute approximate surface area is 149 Å². The van der Waals surface area contributed by atoms with Gasteiger partial charge in [-0.2, -0.15) is 0 Å². The minimum atomic E-state index is -0.0837. The van der Waals surface area contributed by atoms with Gasteiger partial charge in [0.25, 0.3) is 0 Å². The van der Waals surface area contributed by atoms with E-state index in [-0.39, 0.29) is 24.4 Å². The van der Waals surface area contributed by atoms with Crippen molar-refractivity contribution in [1.82, 2.24) is 10.2 Å². The third-order valence-electron chi connectivity index (χ3n) is 4.30. The summed E-state index contributed by atoms with van der Waals surface area (Å²) in [6.45, 7) is 6.56. The largest absolute Gasteiger partial charge is 0.347 e. The minimum absolute atomic E-state index is 0.0249. The van der Waals surface area contributed by atoms with Crippen LogP contribution in [0.15, 0.2) is 24.3 Å². The van der Waals surface area contributed by atoms with Crippen LogP contribution in [0.5, 0.6) is 0 Å². The smallest absolute Gasteiger partial charge is 0.240 e. The molecule has 0 radical (unpaired) electrons. The molecule has 1 fully saturated rings. The molecule has 0 bridgehead atoms. The number of rotatable bonds is 8. The van der Waals surface area contributed by atoms with Crippen LogP contribution >= 0.6 is 11.8 Å². The molecule has 1 unspecified atom stereocenters. The van der Waals surface area contributed by atoms with E-state index in [9.17, 15) is 9.59 Å². The average molecular weight is 349 g/mol. The monoisotopic (exact) mass is 348 g/mol. The van der Waals surface area contributed by atoms with Crippen LogP contribution < -0.4 is 5.32 Å². The summed E-state index contributed by atoms with van der Waals surface area (Å²) in [4.78, 5) is 25.6. The van der Waals surface area contributed by atoms with Gasteiger partial charge in [0.2, 0.25) is 11.8 Å². The number of amides is 2. The maximum absolute atomic E-state index is 12.3. The molecule has 1 aromatic carbocycles. The molecule has 4 nitrogen and oxygen atoms in total. The summed E-state index contributed by atoms with van der Waals surface area (Å²) in [6, 6.07) is 8.53. The van der Waals surface area contributed by atoms with Crippen LogP contribution in [0.3, 0.4) is 0 Å². The highest BCUT2D eigenvalue weighted by atomic mass is 32.2. The van der Waals surface area contributed by atoms with Crippen LogP contribution in [0.4, 0.5) is 0 Å². The number of nitrogens with zero attached hydrogens (tertiary/aromatic N) is 1. The van der Waals surface area contributed by atoms with Gasteiger partial charge in [0.1, 0.15) is 6.54 Å². The van der Waals surface area contributed by atoms with Crippen LogP contribution in [0.2, 0.25) is 0 Å². The second-order valence-corrected chi connectivity index (χ2v) is 7.66. The van der Waals surface area contributed by atoms with Crippen molar-refractivity contribution < 1.29 is 9.59 Å². The number of hydrogen-bond donors (Lipinski definition) is 1. The third kappa shape index (κ3) is 5.26. The van der Waals surface area contributed by atoms with Gasteiger partial charge in [0, 0.05) is 0 Å². The van der Waals surface area contributed by atoms with Crippen molar-refractivity contribution in [3.05, 3.63) is 35.4 Å². The molecule has 0 spiro atoms. The molecular weight excluding hydrogens is 320 g/mol. The van der Waals surface area contributed by atoms with Crippen molar-refractivity contribution in [1.29, 1.82) is 0 Å². The molecule has 1 N–H and O–H groups in total. The zero-order valence-electron chi connectivity index (χ0n) is 14.9. The van der Waals surface area contributed by atoms with E-state index in [0.717, 1.165) is 12.0 Å². The Morgan fingerprint density at radius 3 is 2.54 bits per heavy atom. The number of thioether (sulfide) groups is 1. The quantitative estimate of drug-likeness (QED) is 0.783. The molecule has 24 heavy (non-hydrogen) atoms. The molecule has 1 aromatic rings. The maximum Gasteiger partial charge on any atom is 0.240 e. The van der Waals surface area contributed by atoms with Crippen molar-refractivity contribution in [2.75, 3.05) is 18.2 Å². The van der Waals surface area contributed by atoms with Crippen LogP contribution in [0, 0.1) is 5.92 Å². The van der Waals surface area contributed by atoms with E-state index in [0.29, 0.717) is 17.5 Å². The number of nitrogens with one attached hydrogen (secondary N) is 1. The number of benzene rings is 1. The minimum Gasteiger partial charge on any atom is -0.347 e. The molecule has 1 aliphatic heterocycles. The second kappa shape index (κ2) is 9.11. The van der Waals surface area contributed by atoms with E-state index in [4.69, 9.17) is 0 Å². The maximum atomic E-state index is 12.3. The van der Waals surface area contributed by atoms with Crippen LogP contribution in [-0.2, 0) is 16.0 Å². The summed E-state index contributed by atoms with van der Waals surface area (Å²) in [7, 11) is 0. The lowest BCUT2D eigenvalue weighted by molar-refractivity contribution is -0.132. The topological polar surface area (TPSA) is 49.4 Å². The first kappa shape index (κ1) is 18.8. The Morgan fingerprint density at radius 1 is 1.29 bits per heavy atom. The Hall–Kier alpha value is -1.49. The van der Waals surface area contributed by atoms with Crippen molar-refractivity contribution in [2.45, 2.75) is 46.1 Å². The number of carbonyl (C=O) groups excluding carboxylic acids is 2. The predicted molar refractivity (Wildman–Crippen MR) is 99.8 cm³/mol. The first-order valence-corrected chi connectivity index (χ1v) is 9.90. The van der Waals surface area contributed by atoms with Crippen LogP contribution in [0.1, 0.15) is 50.8 Å². The zero-order chi connectivity index (χ0) is 17.5. The van der Waals surface area contributed by atoms with Gasteiger partial charge >= 0.3 is 0 Å². The molecule has 0 aromatic heterocycles. The molecule has 1 saturated heterocycles. The fraction of sp³-hybridized carbons (Fsp3) is 0.579. The van der Waals surface area contributed by atoms with Gasteiger partial charge in [-0.15, -0.1) is 11.8 Å². The second-order valence-electron chi connectivity index (χ2n) is 6.70. The van der Waals surface area contributed by atoms with E-state index in [1.165, 1.54) is 18.4 Å². The zero-order valence-corrected chi connectivity index (χ0v) is 15.7. The Balaban J connectivity index is 1.98. The number of hydrogen-bond acceptors (Lipinski definition) is 3. The SMILES string of the molecule is CCCCc1ccc(C(NC(=O)CN2CSCC2=O)C(C)C)cc1. The molecule has 1 atom stereocenters. The van der Waals surface area contributed by atoms with E-state index in [1.54, 1.807) is 16.7 Å². The lowest BCUT2D eigenvalue weighted by atomic mass is 9.94. The summed E-state index contributed by atoms with van der Waals surface area (Å²) < 4.78 is 0. The van der Waals surface area contributed by atoms with Gasteiger partial charge in [0.05, 0.1) is 17.7 Å². The summed E-state index contributed by atoms with van der Waals surface area (Å²) >= 11 is 1.56. The normalized spacial score (nSPS) is 15.8. The first-order valence-electron chi connectivity index (χ1n) is 8.75. The highest BCUT2D eigenvalue weighted by Gasteiger charge is 2.25. The molecule has 0 saturated carbocycles. The lowest BCUT2D eigenvalue weighted by Gasteiger charge is -2.24. The fourth-order valence-corrected chi connectivity index (χ4v) is 3.74. The Bertz CT molecular complexity index is 557. The number of carbonyl (C=O) groups is 2. The van der Waals surface area contributed by atoms with E-state index < -0.39 is 0 Å². The number of unbranched alkanes of at least 4 members (excludes halogenated alkanes) is 1. The molecule has 1 aliphatic rings. The van der Waals surface area contributed by atoms with Gasteiger partial charge in [-0.05, 0) is 29.9 Å². The Kier molecular flexibility index (Phi) is 7.16. The van der Waals surface area contributed by atoms with Gasteiger partial charge in [-0.25, -0.2) is 0 Å². The number of aryl methyl sites for hydroxylation is 1. The molecule has 0 aliphatic carbocycles. The fourth-order valence-electron chi connectivity index (χ4n) is 2.84. The van der Waals surface area contributed by atoms with Crippen LogP contribution in [0.25, 0.3) is 0 Å². The summed E-state index contributed by atoms with van der Waals surface area (Å²) in [5.41, 5.74) is 2.47. The van der Waals surface area contributed by atoms with E-state index in [1.807, 2.05) is 0 Å². The predicted octanol–water partition coefficient (Wildman–Crippen LogP) is 3.38. The molecule has 2 rings (SSSR count). The third-order valence-corrected chi connectivity index (χ3v) is 5.25. The lowest BCUT2D eigenvalue weighted by Crippen LogP contribution is -2.40.